The van der Waals surface area contributed by atoms with Crippen LogP contribution >= 0.6 is 0 Å². The average Bonchev–Trinajstić information content (AvgIpc) is 2.27. The number of rotatable bonds is 5. The minimum Gasteiger partial charge on any atom is -0.487 e. The number of benzene rings is 1. The highest BCUT2D eigenvalue weighted by molar-refractivity contribution is 5.34. The summed E-state index contributed by atoms with van der Waals surface area (Å²) in [4.78, 5) is 0. The number of hydrogen-bond acceptors (Lipinski definition) is 2. The maximum atomic E-state index is 6.22. The number of nitrogens with two attached hydrogens (primary N) is 1. The molecule has 16 heavy (non-hydrogen) atoms. The Morgan fingerprint density at radius 1 is 1.31 bits per heavy atom. The first-order valence-corrected chi connectivity index (χ1v) is 6.27. The molecule has 2 heteroatoms. The number of hydrogen-bond donors (Lipinski definition) is 1. The fourth-order valence-electron chi connectivity index (χ4n) is 2.37. The molecule has 0 unspecified atom stereocenters. The summed E-state index contributed by atoms with van der Waals surface area (Å²) in [6.07, 6.45) is 5.58. The summed E-state index contributed by atoms with van der Waals surface area (Å²) >= 11 is 0. The zero-order valence-electron chi connectivity index (χ0n) is 10.0. The predicted molar refractivity (Wildman–Crippen MR) is 66.7 cm³/mol. The molecule has 2 rings (SSSR count). The molecule has 1 saturated carbocycles. The van der Waals surface area contributed by atoms with Gasteiger partial charge in [-0.1, -0.05) is 25.1 Å². The molecule has 1 aliphatic carbocycles. The van der Waals surface area contributed by atoms with Gasteiger partial charge in [0, 0.05) is 0 Å². The van der Waals surface area contributed by atoms with Gasteiger partial charge in [-0.05, 0) is 50.3 Å². The lowest BCUT2D eigenvalue weighted by Gasteiger charge is -2.42. The summed E-state index contributed by atoms with van der Waals surface area (Å²) in [5, 5.41) is 0. The predicted octanol–water partition coefficient (Wildman–Crippen LogP) is 2.90. The Labute approximate surface area is 97.8 Å². The van der Waals surface area contributed by atoms with Crippen molar-refractivity contribution >= 4 is 0 Å². The molecule has 0 atom stereocenters. The van der Waals surface area contributed by atoms with E-state index in [1.54, 1.807) is 0 Å². The van der Waals surface area contributed by atoms with Crippen molar-refractivity contribution < 1.29 is 4.74 Å². The highest BCUT2D eigenvalue weighted by Gasteiger charge is 2.38. The van der Waals surface area contributed by atoms with E-state index in [0.29, 0.717) is 6.54 Å². The third-order valence-corrected chi connectivity index (χ3v) is 3.54. The van der Waals surface area contributed by atoms with Gasteiger partial charge in [-0.25, -0.2) is 0 Å². The van der Waals surface area contributed by atoms with Crippen LogP contribution in [0.15, 0.2) is 24.3 Å². The van der Waals surface area contributed by atoms with Gasteiger partial charge in [-0.15, -0.1) is 0 Å². The van der Waals surface area contributed by atoms with Crippen LogP contribution in [0.4, 0.5) is 0 Å². The van der Waals surface area contributed by atoms with Gasteiger partial charge >= 0.3 is 0 Å². The third-order valence-electron chi connectivity index (χ3n) is 3.54. The lowest BCUT2D eigenvalue weighted by Crippen LogP contribution is -2.44. The Morgan fingerprint density at radius 3 is 2.62 bits per heavy atom. The van der Waals surface area contributed by atoms with E-state index in [1.165, 1.54) is 12.0 Å². The van der Waals surface area contributed by atoms with E-state index in [2.05, 4.69) is 25.1 Å². The molecule has 1 fully saturated rings. The van der Waals surface area contributed by atoms with Crippen LogP contribution in [-0.2, 0) is 6.42 Å². The second kappa shape index (κ2) is 4.88. The average molecular weight is 219 g/mol. The summed E-state index contributed by atoms with van der Waals surface area (Å²) in [6, 6.07) is 8.34. The summed E-state index contributed by atoms with van der Waals surface area (Å²) in [5.74, 6) is 1.05. The highest BCUT2D eigenvalue weighted by atomic mass is 16.5. The fourth-order valence-corrected chi connectivity index (χ4v) is 2.37. The van der Waals surface area contributed by atoms with Gasteiger partial charge < -0.3 is 10.5 Å². The van der Waals surface area contributed by atoms with Gasteiger partial charge in [0.25, 0.3) is 0 Å². The van der Waals surface area contributed by atoms with Crippen molar-refractivity contribution in [2.45, 2.75) is 44.6 Å². The van der Waals surface area contributed by atoms with Gasteiger partial charge in [-0.3, -0.25) is 0 Å². The third kappa shape index (κ3) is 2.22. The Morgan fingerprint density at radius 2 is 2.06 bits per heavy atom. The van der Waals surface area contributed by atoms with Crippen LogP contribution in [0.3, 0.4) is 0 Å². The molecule has 0 heterocycles. The first-order chi connectivity index (χ1) is 7.79. The molecule has 1 aromatic carbocycles. The monoisotopic (exact) mass is 219 g/mol. The normalized spacial score (nSPS) is 17.9. The molecule has 0 saturated heterocycles. The van der Waals surface area contributed by atoms with E-state index in [0.717, 1.165) is 31.4 Å². The molecule has 0 amide bonds. The number of para-hydroxylation sites is 1. The van der Waals surface area contributed by atoms with Crippen molar-refractivity contribution in [1.82, 2.24) is 0 Å². The van der Waals surface area contributed by atoms with E-state index in [1.807, 2.05) is 6.07 Å². The first-order valence-electron chi connectivity index (χ1n) is 6.27. The van der Waals surface area contributed by atoms with E-state index >= 15 is 0 Å². The fraction of sp³-hybridized carbons (Fsp3) is 0.571. The van der Waals surface area contributed by atoms with Crippen molar-refractivity contribution in [1.29, 1.82) is 0 Å². The molecule has 0 aromatic heterocycles. The van der Waals surface area contributed by atoms with E-state index < -0.39 is 0 Å². The second-order valence-corrected chi connectivity index (χ2v) is 4.64. The molecule has 0 spiro atoms. The Kier molecular flexibility index (Phi) is 3.49. The molecule has 0 aliphatic heterocycles. The number of aryl methyl sites for hydroxylation is 1. The van der Waals surface area contributed by atoms with Crippen LogP contribution in [0.2, 0.25) is 0 Å². The van der Waals surface area contributed by atoms with Crippen LogP contribution < -0.4 is 10.5 Å². The van der Waals surface area contributed by atoms with Gasteiger partial charge in [0.1, 0.15) is 11.4 Å². The summed E-state index contributed by atoms with van der Waals surface area (Å²) < 4.78 is 6.22. The molecule has 0 bridgehead atoms. The standard InChI is InChI=1S/C14H21NO/c1-2-12-6-3-4-7-13(12)16-14(10-11-15)8-5-9-14/h3-4,6-7H,2,5,8-11,15H2,1H3. The molecule has 1 aromatic rings. The highest BCUT2D eigenvalue weighted by Crippen LogP contribution is 2.39. The Balaban J connectivity index is 2.12. The zero-order valence-corrected chi connectivity index (χ0v) is 10.0. The minimum atomic E-state index is 0.0417. The molecule has 2 N–H and O–H groups in total. The Hall–Kier alpha value is -1.02. The van der Waals surface area contributed by atoms with E-state index in [-0.39, 0.29) is 5.60 Å². The molecule has 2 nitrogen and oxygen atoms in total. The quantitative estimate of drug-likeness (QED) is 0.826. The van der Waals surface area contributed by atoms with Gasteiger partial charge in [0.2, 0.25) is 0 Å². The van der Waals surface area contributed by atoms with Gasteiger partial charge in [0.05, 0.1) is 0 Å². The summed E-state index contributed by atoms with van der Waals surface area (Å²) in [6.45, 7) is 2.88. The largest absolute Gasteiger partial charge is 0.487 e. The zero-order chi connectivity index (χ0) is 11.4. The van der Waals surface area contributed by atoms with Crippen molar-refractivity contribution in [2.75, 3.05) is 6.54 Å². The van der Waals surface area contributed by atoms with Crippen LogP contribution in [-0.4, -0.2) is 12.1 Å². The summed E-state index contributed by atoms with van der Waals surface area (Å²) in [7, 11) is 0. The maximum absolute atomic E-state index is 6.22. The molecular formula is C14H21NO. The summed E-state index contributed by atoms with van der Waals surface area (Å²) in [5.41, 5.74) is 7.01. The molecular weight excluding hydrogens is 198 g/mol. The lowest BCUT2D eigenvalue weighted by atomic mass is 9.77. The molecule has 88 valence electrons. The molecule has 0 radical (unpaired) electrons. The SMILES string of the molecule is CCc1ccccc1OC1(CCN)CCC1. The number of ether oxygens (including phenoxy) is 1. The maximum Gasteiger partial charge on any atom is 0.123 e. The Bertz CT molecular complexity index is 344. The second-order valence-electron chi connectivity index (χ2n) is 4.64. The van der Waals surface area contributed by atoms with Crippen LogP contribution in [0.25, 0.3) is 0 Å². The van der Waals surface area contributed by atoms with Crippen molar-refractivity contribution in [3.05, 3.63) is 29.8 Å². The molecule has 1 aliphatic rings. The first kappa shape index (κ1) is 11.5. The topological polar surface area (TPSA) is 35.2 Å². The lowest BCUT2D eigenvalue weighted by molar-refractivity contribution is -0.0132. The smallest absolute Gasteiger partial charge is 0.123 e. The van der Waals surface area contributed by atoms with E-state index in [4.69, 9.17) is 10.5 Å². The van der Waals surface area contributed by atoms with Crippen molar-refractivity contribution in [3.63, 3.8) is 0 Å². The van der Waals surface area contributed by atoms with Crippen molar-refractivity contribution in [2.24, 2.45) is 5.73 Å². The van der Waals surface area contributed by atoms with Gasteiger partial charge in [-0.2, -0.15) is 0 Å². The van der Waals surface area contributed by atoms with E-state index in [9.17, 15) is 0 Å². The van der Waals surface area contributed by atoms with Crippen LogP contribution in [0.1, 0.15) is 38.2 Å². The van der Waals surface area contributed by atoms with Gasteiger partial charge in [0.15, 0.2) is 0 Å². The minimum absolute atomic E-state index is 0.0417. The van der Waals surface area contributed by atoms with Crippen LogP contribution in [0.5, 0.6) is 5.75 Å². The van der Waals surface area contributed by atoms with Crippen LogP contribution in [0, 0.1) is 0 Å². The van der Waals surface area contributed by atoms with Crippen molar-refractivity contribution in [3.8, 4) is 5.75 Å².